The van der Waals surface area contributed by atoms with Crippen molar-refractivity contribution in [3.8, 4) is 5.75 Å². The van der Waals surface area contributed by atoms with Gasteiger partial charge in [-0.15, -0.1) is 0 Å². The van der Waals surface area contributed by atoms with Crippen molar-refractivity contribution in [2.45, 2.75) is 39.7 Å². The Morgan fingerprint density at radius 1 is 1.35 bits per heavy atom. The molecule has 7 nitrogen and oxygen atoms in total. The second kappa shape index (κ2) is 8.71. The van der Waals surface area contributed by atoms with Crippen molar-refractivity contribution >= 4 is 29.2 Å². The van der Waals surface area contributed by atoms with Crippen molar-refractivity contribution in [1.82, 2.24) is 9.78 Å². The minimum Gasteiger partial charge on any atom is -0.480 e. The normalized spacial score (nSPS) is 10.8. The minimum atomic E-state index is -1.09. The number of rotatable bonds is 8. The fourth-order valence-corrected chi connectivity index (χ4v) is 2.92. The van der Waals surface area contributed by atoms with Crippen molar-refractivity contribution in [2.24, 2.45) is 0 Å². The Morgan fingerprint density at radius 3 is 2.62 bits per heavy atom. The molecule has 140 valence electrons. The number of carboxylic acid groups (broad SMARTS) is 1. The number of carbonyl (C=O) groups is 2. The zero-order chi connectivity index (χ0) is 19.3. The number of nitrogens with one attached hydrogen (secondary N) is 1. The molecule has 0 spiro atoms. The first kappa shape index (κ1) is 19.8. The molecule has 0 saturated heterocycles. The van der Waals surface area contributed by atoms with Crippen LogP contribution in [0.15, 0.2) is 24.4 Å². The smallest absolute Gasteiger partial charge is 0.341 e. The molecule has 0 aliphatic carbocycles. The van der Waals surface area contributed by atoms with E-state index in [4.69, 9.17) is 21.4 Å². The van der Waals surface area contributed by atoms with E-state index in [1.165, 1.54) is 12.1 Å². The van der Waals surface area contributed by atoms with Crippen molar-refractivity contribution in [3.05, 3.63) is 40.7 Å². The molecule has 2 N–H and O–H groups in total. The molecule has 8 heteroatoms. The lowest BCUT2D eigenvalue weighted by Gasteiger charge is -2.15. The first-order valence-electron chi connectivity index (χ1n) is 8.36. The molecule has 1 aromatic carbocycles. The predicted molar refractivity (Wildman–Crippen MR) is 99.1 cm³/mol. The lowest BCUT2D eigenvalue weighted by Crippen LogP contribution is -2.15. The Kier molecular flexibility index (Phi) is 6.63. The molecular weight excluding hydrogens is 358 g/mol. The topological polar surface area (TPSA) is 93.5 Å². The summed E-state index contributed by atoms with van der Waals surface area (Å²) in [6.07, 6.45) is 3.44. The highest BCUT2D eigenvalue weighted by Crippen LogP contribution is 2.28. The van der Waals surface area contributed by atoms with Gasteiger partial charge in [-0.25, -0.2) is 4.79 Å². The summed E-state index contributed by atoms with van der Waals surface area (Å²) in [5.74, 6) is -1.14. The fraction of sp³-hybridized carbons (Fsp3) is 0.389. The molecule has 1 amide bonds. The summed E-state index contributed by atoms with van der Waals surface area (Å²) < 4.78 is 6.94. The number of ether oxygens (including phenoxy) is 1. The SMILES string of the molecule is CCC(CC)n1ncc(C(=O)Nc2ccc(OCC(=O)O)c(Cl)c2)c1C. The maximum atomic E-state index is 12.5. The monoisotopic (exact) mass is 379 g/mol. The van der Waals surface area contributed by atoms with E-state index in [1.807, 2.05) is 11.6 Å². The third-order valence-corrected chi connectivity index (χ3v) is 4.41. The highest BCUT2D eigenvalue weighted by Gasteiger charge is 2.18. The summed E-state index contributed by atoms with van der Waals surface area (Å²) >= 11 is 6.07. The number of carbonyl (C=O) groups excluding carboxylic acids is 1. The molecule has 1 aromatic heterocycles. The Morgan fingerprint density at radius 2 is 2.04 bits per heavy atom. The highest BCUT2D eigenvalue weighted by molar-refractivity contribution is 6.32. The minimum absolute atomic E-state index is 0.216. The number of amides is 1. The third kappa shape index (κ3) is 4.54. The van der Waals surface area contributed by atoms with Gasteiger partial charge in [0.1, 0.15) is 5.75 Å². The molecule has 2 aromatic rings. The number of aliphatic carboxylic acids is 1. The van der Waals surface area contributed by atoms with Gasteiger partial charge in [0.25, 0.3) is 5.91 Å². The fourth-order valence-electron chi connectivity index (χ4n) is 2.68. The van der Waals surface area contributed by atoms with Gasteiger partial charge in [-0.1, -0.05) is 25.4 Å². The van der Waals surface area contributed by atoms with Crippen molar-refractivity contribution < 1.29 is 19.4 Å². The van der Waals surface area contributed by atoms with E-state index >= 15 is 0 Å². The van der Waals surface area contributed by atoms with Gasteiger partial charge in [-0.05, 0) is 38.0 Å². The molecule has 0 fully saturated rings. The lowest BCUT2D eigenvalue weighted by molar-refractivity contribution is -0.139. The number of halogens is 1. The van der Waals surface area contributed by atoms with Crippen LogP contribution >= 0.6 is 11.6 Å². The van der Waals surface area contributed by atoms with E-state index in [1.54, 1.807) is 12.3 Å². The van der Waals surface area contributed by atoms with Crippen LogP contribution in [0.1, 0.15) is 48.8 Å². The van der Waals surface area contributed by atoms with Gasteiger partial charge in [0.15, 0.2) is 6.61 Å². The summed E-state index contributed by atoms with van der Waals surface area (Å²) in [5.41, 5.74) is 1.79. The predicted octanol–water partition coefficient (Wildman–Crippen LogP) is 3.92. The number of aromatic nitrogens is 2. The summed E-state index contributed by atoms with van der Waals surface area (Å²) in [4.78, 5) is 23.1. The first-order valence-corrected chi connectivity index (χ1v) is 8.74. The molecule has 0 saturated carbocycles. The van der Waals surface area contributed by atoms with Gasteiger partial charge in [0.2, 0.25) is 0 Å². The summed E-state index contributed by atoms with van der Waals surface area (Å²) in [6.45, 7) is 5.56. The highest BCUT2D eigenvalue weighted by atomic mass is 35.5. The van der Waals surface area contributed by atoms with Crippen LogP contribution in [0.5, 0.6) is 5.75 Å². The maximum Gasteiger partial charge on any atom is 0.341 e. The van der Waals surface area contributed by atoms with Gasteiger partial charge in [0.05, 0.1) is 22.8 Å². The largest absolute Gasteiger partial charge is 0.480 e. The van der Waals surface area contributed by atoms with Crippen LogP contribution in [0.2, 0.25) is 5.02 Å². The zero-order valence-corrected chi connectivity index (χ0v) is 15.7. The molecule has 0 unspecified atom stereocenters. The van der Waals surface area contributed by atoms with Gasteiger partial charge < -0.3 is 15.2 Å². The van der Waals surface area contributed by atoms with Gasteiger partial charge in [0, 0.05) is 11.4 Å². The average Bonchev–Trinajstić information content (AvgIpc) is 2.97. The van der Waals surface area contributed by atoms with Crippen molar-refractivity contribution in [1.29, 1.82) is 0 Å². The Bertz CT molecular complexity index is 800. The molecule has 0 aliphatic rings. The summed E-state index contributed by atoms with van der Waals surface area (Å²) in [7, 11) is 0. The average molecular weight is 380 g/mol. The van der Waals surface area contributed by atoms with E-state index in [2.05, 4.69) is 24.3 Å². The van der Waals surface area contributed by atoms with Crippen LogP contribution in [-0.2, 0) is 4.79 Å². The maximum absolute atomic E-state index is 12.5. The van der Waals surface area contributed by atoms with Gasteiger partial charge >= 0.3 is 5.97 Å². The van der Waals surface area contributed by atoms with E-state index in [-0.39, 0.29) is 22.7 Å². The molecule has 0 atom stereocenters. The van der Waals surface area contributed by atoms with Gasteiger partial charge in [-0.3, -0.25) is 9.48 Å². The van der Waals surface area contributed by atoms with E-state index in [0.717, 1.165) is 18.5 Å². The van der Waals surface area contributed by atoms with E-state index in [0.29, 0.717) is 11.3 Å². The van der Waals surface area contributed by atoms with E-state index < -0.39 is 12.6 Å². The van der Waals surface area contributed by atoms with Crippen LogP contribution in [0.4, 0.5) is 5.69 Å². The third-order valence-electron chi connectivity index (χ3n) is 4.12. The second-order valence-electron chi connectivity index (χ2n) is 5.84. The number of carboxylic acids is 1. The van der Waals surface area contributed by atoms with Crippen LogP contribution in [-0.4, -0.2) is 33.4 Å². The molecule has 1 heterocycles. The van der Waals surface area contributed by atoms with Crippen LogP contribution in [0.25, 0.3) is 0 Å². The Labute approximate surface area is 156 Å². The number of benzene rings is 1. The second-order valence-corrected chi connectivity index (χ2v) is 6.25. The summed E-state index contributed by atoms with van der Waals surface area (Å²) in [5, 5.41) is 16.0. The first-order chi connectivity index (χ1) is 12.4. The number of hydrogen-bond donors (Lipinski definition) is 2. The number of hydrogen-bond acceptors (Lipinski definition) is 4. The molecule has 26 heavy (non-hydrogen) atoms. The molecule has 0 bridgehead atoms. The Hall–Kier alpha value is -2.54. The molecule has 2 rings (SSSR count). The molecule has 0 aliphatic heterocycles. The van der Waals surface area contributed by atoms with E-state index in [9.17, 15) is 9.59 Å². The number of anilines is 1. The standard InChI is InChI=1S/C18H22ClN3O4/c1-4-13(5-2)22-11(3)14(9-20-22)18(25)21-12-6-7-16(15(19)8-12)26-10-17(23)24/h6-9,13H,4-5,10H2,1-3H3,(H,21,25)(H,23,24). The van der Waals surface area contributed by atoms with Crippen LogP contribution < -0.4 is 10.1 Å². The van der Waals surface area contributed by atoms with Crippen molar-refractivity contribution in [2.75, 3.05) is 11.9 Å². The summed E-state index contributed by atoms with van der Waals surface area (Å²) in [6, 6.07) is 4.89. The van der Waals surface area contributed by atoms with Crippen LogP contribution in [0.3, 0.4) is 0 Å². The quantitative estimate of drug-likeness (QED) is 0.725. The molecular formula is C18H22ClN3O4. The lowest BCUT2D eigenvalue weighted by atomic mass is 10.1. The van der Waals surface area contributed by atoms with Crippen LogP contribution in [0, 0.1) is 6.92 Å². The van der Waals surface area contributed by atoms with Gasteiger partial charge in [-0.2, -0.15) is 5.10 Å². The van der Waals surface area contributed by atoms with Crippen molar-refractivity contribution in [3.63, 3.8) is 0 Å². The number of nitrogens with zero attached hydrogens (tertiary/aromatic N) is 2. The Balaban J connectivity index is 2.13. The zero-order valence-electron chi connectivity index (χ0n) is 15.0. The molecule has 0 radical (unpaired) electrons.